The molecule has 1 atom stereocenters. The molecule has 0 N–H and O–H groups in total. The van der Waals surface area contributed by atoms with Gasteiger partial charge in [-0.1, -0.05) is 29.8 Å². The summed E-state index contributed by atoms with van der Waals surface area (Å²) in [6.07, 6.45) is 9.23. The number of rotatable bonds is 5. The molecule has 1 fully saturated rings. The van der Waals surface area contributed by atoms with Gasteiger partial charge in [-0.2, -0.15) is 0 Å². The average molecular weight is 371 g/mol. The number of oxazole rings is 1. The molecule has 1 amide bonds. The van der Waals surface area contributed by atoms with E-state index in [4.69, 9.17) is 16.0 Å². The first-order valence-corrected chi connectivity index (χ1v) is 9.02. The molecule has 4 rings (SSSR count). The molecule has 26 heavy (non-hydrogen) atoms. The summed E-state index contributed by atoms with van der Waals surface area (Å²) in [4.78, 5) is 22.9. The first-order valence-electron chi connectivity index (χ1n) is 8.64. The van der Waals surface area contributed by atoms with Crippen LogP contribution in [0.5, 0.6) is 0 Å². The Morgan fingerprint density at radius 3 is 3.04 bits per heavy atom. The molecule has 1 aromatic carbocycles. The van der Waals surface area contributed by atoms with Gasteiger partial charge in [0.25, 0.3) is 0 Å². The molecule has 0 bridgehead atoms. The molecule has 1 aliphatic heterocycles. The number of carbonyl (C=O) groups is 1. The Hall–Kier alpha value is -2.60. The quantitative estimate of drug-likeness (QED) is 0.689. The lowest BCUT2D eigenvalue weighted by atomic mass is 10.1. The molecule has 2 aromatic heterocycles. The highest BCUT2D eigenvalue weighted by Crippen LogP contribution is 2.32. The molecule has 134 valence electrons. The van der Waals surface area contributed by atoms with Gasteiger partial charge < -0.3 is 13.9 Å². The molecule has 1 unspecified atom stereocenters. The molecule has 3 aromatic rings. The van der Waals surface area contributed by atoms with Crippen molar-refractivity contribution in [1.82, 2.24) is 19.4 Å². The Labute approximate surface area is 156 Å². The Kier molecular flexibility index (Phi) is 4.75. The number of halogens is 1. The lowest BCUT2D eigenvalue weighted by Gasteiger charge is -2.22. The van der Waals surface area contributed by atoms with Crippen LogP contribution >= 0.6 is 11.6 Å². The zero-order valence-corrected chi connectivity index (χ0v) is 15.0. The first-order chi connectivity index (χ1) is 12.7. The van der Waals surface area contributed by atoms with Crippen LogP contribution in [-0.2, 0) is 17.8 Å². The number of imidazole rings is 1. The fraction of sp³-hybridized carbons (Fsp3) is 0.316. The number of nitrogens with zero attached hydrogens (tertiary/aromatic N) is 4. The zero-order valence-electron chi connectivity index (χ0n) is 14.2. The van der Waals surface area contributed by atoms with Crippen molar-refractivity contribution in [3.8, 4) is 0 Å². The molecular formula is C19H19ClN4O2. The summed E-state index contributed by atoms with van der Waals surface area (Å²) >= 11 is 6.22. The lowest BCUT2D eigenvalue weighted by molar-refractivity contribution is -0.133. The van der Waals surface area contributed by atoms with E-state index >= 15 is 0 Å². The molecule has 0 aliphatic carbocycles. The third-order valence-corrected chi connectivity index (χ3v) is 5.00. The van der Waals surface area contributed by atoms with Gasteiger partial charge in [0.2, 0.25) is 11.8 Å². The van der Waals surface area contributed by atoms with E-state index in [0.29, 0.717) is 17.3 Å². The highest BCUT2D eigenvalue weighted by molar-refractivity contribution is 6.31. The van der Waals surface area contributed by atoms with E-state index in [1.807, 2.05) is 29.2 Å². The first kappa shape index (κ1) is 16.8. The predicted molar refractivity (Wildman–Crippen MR) is 96.7 cm³/mol. The SMILES string of the molecule is O=C(Cn1ccnc1)N1CCCC1c1ncc(Cc2ccccc2Cl)o1. The van der Waals surface area contributed by atoms with Gasteiger partial charge in [-0.25, -0.2) is 9.97 Å². The number of hydrogen-bond donors (Lipinski definition) is 0. The van der Waals surface area contributed by atoms with Crippen molar-refractivity contribution in [2.45, 2.75) is 31.8 Å². The second-order valence-corrected chi connectivity index (χ2v) is 6.82. The van der Waals surface area contributed by atoms with Crippen LogP contribution in [0.15, 0.2) is 53.6 Å². The lowest BCUT2D eigenvalue weighted by Crippen LogP contribution is -2.33. The van der Waals surface area contributed by atoms with Gasteiger partial charge in [0.1, 0.15) is 18.3 Å². The normalized spacial score (nSPS) is 17.0. The minimum Gasteiger partial charge on any atom is -0.443 e. The summed E-state index contributed by atoms with van der Waals surface area (Å²) in [7, 11) is 0. The molecule has 0 spiro atoms. The summed E-state index contributed by atoms with van der Waals surface area (Å²) in [5.41, 5.74) is 0.997. The van der Waals surface area contributed by atoms with Gasteiger partial charge in [-0.15, -0.1) is 0 Å². The summed E-state index contributed by atoms with van der Waals surface area (Å²) in [5, 5.41) is 0.712. The molecule has 7 heteroatoms. The number of amides is 1. The maximum atomic E-state index is 12.6. The summed E-state index contributed by atoms with van der Waals surface area (Å²) in [5.74, 6) is 1.40. The summed E-state index contributed by atoms with van der Waals surface area (Å²) in [6, 6.07) is 7.58. The summed E-state index contributed by atoms with van der Waals surface area (Å²) < 4.78 is 7.73. The van der Waals surface area contributed by atoms with Crippen molar-refractivity contribution < 1.29 is 9.21 Å². The van der Waals surface area contributed by atoms with Gasteiger partial charge in [0.15, 0.2) is 0 Å². The number of carbonyl (C=O) groups excluding carboxylic acids is 1. The van der Waals surface area contributed by atoms with Crippen molar-refractivity contribution in [3.63, 3.8) is 0 Å². The molecule has 1 saturated heterocycles. The van der Waals surface area contributed by atoms with Crippen molar-refractivity contribution in [2.24, 2.45) is 0 Å². The number of likely N-dealkylation sites (tertiary alicyclic amines) is 1. The van der Waals surface area contributed by atoms with Gasteiger partial charge in [0.05, 0.1) is 12.5 Å². The van der Waals surface area contributed by atoms with Gasteiger partial charge >= 0.3 is 0 Å². The van der Waals surface area contributed by atoms with E-state index in [2.05, 4.69) is 9.97 Å². The Morgan fingerprint density at radius 1 is 1.35 bits per heavy atom. The topological polar surface area (TPSA) is 64.2 Å². The second kappa shape index (κ2) is 7.33. The van der Waals surface area contributed by atoms with Crippen molar-refractivity contribution in [2.75, 3.05) is 6.54 Å². The van der Waals surface area contributed by atoms with Crippen molar-refractivity contribution in [1.29, 1.82) is 0 Å². The maximum absolute atomic E-state index is 12.6. The highest BCUT2D eigenvalue weighted by Gasteiger charge is 2.33. The molecule has 1 aliphatic rings. The minimum absolute atomic E-state index is 0.0522. The fourth-order valence-electron chi connectivity index (χ4n) is 3.34. The van der Waals surface area contributed by atoms with Crippen LogP contribution in [0, 0.1) is 0 Å². The molecule has 0 radical (unpaired) electrons. The van der Waals surface area contributed by atoms with E-state index in [-0.39, 0.29) is 18.5 Å². The van der Waals surface area contributed by atoms with E-state index in [9.17, 15) is 4.79 Å². The summed E-state index contributed by atoms with van der Waals surface area (Å²) in [6.45, 7) is 1.00. The van der Waals surface area contributed by atoms with Crippen LogP contribution in [0.2, 0.25) is 5.02 Å². The van der Waals surface area contributed by atoms with Crippen LogP contribution in [0.3, 0.4) is 0 Å². The van der Waals surface area contributed by atoms with Crippen LogP contribution in [0.1, 0.15) is 36.1 Å². The van der Waals surface area contributed by atoms with Crippen LogP contribution in [0.4, 0.5) is 0 Å². The van der Waals surface area contributed by atoms with Crippen LogP contribution in [0.25, 0.3) is 0 Å². The molecule has 6 nitrogen and oxygen atoms in total. The van der Waals surface area contributed by atoms with Gasteiger partial charge in [0, 0.05) is 30.4 Å². The van der Waals surface area contributed by atoms with Crippen molar-refractivity contribution >= 4 is 17.5 Å². The fourth-order valence-corrected chi connectivity index (χ4v) is 3.54. The largest absolute Gasteiger partial charge is 0.443 e. The number of benzene rings is 1. The monoisotopic (exact) mass is 370 g/mol. The van der Waals surface area contributed by atoms with E-state index in [1.165, 1.54) is 0 Å². The van der Waals surface area contributed by atoms with Gasteiger partial charge in [-0.3, -0.25) is 4.79 Å². The standard InChI is InChI=1S/C19H19ClN4O2/c20-16-5-2-1-4-14(16)10-15-11-22-19(26-15)17-6-3-8-24(17)18(25)12-23-9-7-21-13-23/h1-2,4-5,7,9,11,13,17H,3,6,8,10,12H2. The Morgan fingerprint density at radius 2 is 2.23 bits per heavy atom. The van der Waals surface area contributed by atoms with Crippen LogP contribution in [-0.4, -0.2) is 31.9 Å². The zero-order chi connectivity index (χ0) is 17.9. The third kappa shape index (κ3) is 3.51. The molecular weight excluding hydrogens is 352 g/mol. The van der Waals surface area contributed by atoms with Crippen molar-refractivity contribution in [3.05, 3.63) is 71.4 Å². The Balaban J connectivity index is 1.47. The average Bonchev–Trinajstić information content (AvgIpc) is 3.37. The van der Waals surface area contributed by atoms with Crippen LogP contribution < -0.4 is 0 Å². The molecule has 0 saturated carbocycles. The minimum atomic E-state index is -0.106. The number of aromatic nitrogens is 3. The van der Waals surface area contributed by atoms with Gasteiger partial charge in [-0.05, 0) is 24.5 Å². The second-order valence-electron chi connectivity index (χ2n) is 6.41. The van der Waals surface area contributed by atoms with E-state index < -0.39 is 0 Å². The smallest absolute Gasteiger partial charge is 0.243 e. The Bertz CT molecular complexity index is 891. The van der Waals surface area contributed by atoms with E-state index in [0.717, 1.165) is 30.7 Å². The van der Waals surface area contributed by atoms with E-state index in [1.54, 1.807) is 29.5 Å². The highest BCUT2D eigenvalue weighted by atomic mass is 35.5. The predicted octanol–water partition coefficient (Wildman–Crippen LogP) is 3.48. The third-order valence-electron chi connectivity index (χ3n) is 4.63. The maximum Gasteiger partial charge on any atom is 0.243 e. The number of hydrogen-bond acceptors (Lipinski definition) is 4. The molecule has 3 heterocycles.